The minimum absolute atomic E-state index is 0.127. The summed E-state index contributed by atoms with van der Waals surface area (Å²) in [7, 11) is 1.63. The second-order valence-corrected chi connectivity index (χ2v) is 4.27. The van der Waals surface area contributed by atoms with Crippen LogP contribution in [0.3, 0.4) is 0 Å². The number of aryl methyl sites for hydroxylation is 1. The van der Waals surface area contributed by atoms with Crippen LogP contribution in [-0.2, 0) is 24.4 Å². The monoisotopic (exact) mass is 263 g/mol. The quantitative estimate of drug-likeness (QED) is 0.739. The van der Waals surface area contributed by atoms with Crippen molar-refractivity contribution in [3.63, 3.8) is 0 Å². The van der Waals surface area contributed by atoms with E-state index in [1.165, 1.54) is 0 Å². The summed E-state index contributed by atoms with van der Waals surface area (Å²) in [6.45, 7) is 3.27. The van der Waals surface area contributed by atoms with Crippen molar-refractivity contribution in [1.82, 2.24) is 4.57 Å². The summed E-state index contributed by atoms with van der Waals surface area (Å²) in [5.41, 5.74) is 13.0. The van der Waals surface area contributed by atoms with Gasteiger partial charge >= 0.3 is 0 Å². The lowest BCUT2D eigenvalue weighted by atomic mass is 10.3. The summed E-state index contributed by atoms with van der Waals surface area (Å²) in [4.78, 5) is 11.2. The molecule has 0 aliphatic carbocycles. The molecule has 0 bridgehead atoms. The molecule has 6 heteroatoms. The molecule has 102 valence electrons. The van der Waals surface area contributed by atoms with E-state index < -0.39 is 0 Å². The van der Waals surface area contributed by atoms with Gasteiger partial charge in [-0.3, -0.25) is 4.79 Å². The number of hydrogen-bond donors (Lipinski definition) is 2. The maximum absolute atomic E-state index is 11.2. The molecule has 0 aliphatic heterocycles. The Labute approximate surface area is 111 Å². The number of carbonyl (C=O) groups is 1. The van der Waals surface area contributed by atoms with Gasteiger partial charge in [-0.25, -0.2) is 9.13 Å². The third-order valence-corrected chi connectivity index (χ3v) is 3.20. The molecule has 0 fully saturated rings. The van der Waals surface area contributed by atoms with E-state index in [-0.39, 0.29) is 12.5 Å². The van der Waals surface area contributed by atoms with Crippen LogP contribution in [0, 0.1) is 0 Å². The van der Waals surface area contributed by atoms with Crippen molar-refractivity contribution in [3.8, 4) is 5.75 Å². The van der Waals surface area contributed by atoms with Gasteiger partial charge in [-0.2, -0.15) is 0 Å². The van der Waals surface area contributed by atoms with Gasteiger partial charge in [0.1, 0.15) is 5.75 Å². The summed E-state index contributed by atoms with van der Waals surface area (Å²) in [5.74, 6) is 1.27. The van der Waals surface area contributed by atoms with E-state index in [2.05, 4.69) is 4.57 Å². The highest BCUT2D eigenvalue weighted by Crippen LogP contribution is 2.20. The van der Waals surface area contributed by atoms with Gasteiger partial charge in [-0.15, -0.1) is 0 Å². The number of nitrogens with zero attached hydrogens (tertiary/aromatic N) is 2. The number of amides is 1. The minimum Gasteiger partial charge on any atom is -0.497 e. The van der Waals surface area contributed by atoms with E-state index in [0.717, 1.165) is 29.2 Å². The molecule has 1 amide bonds. The molecule has 2 rings (SSSR count). The van der Waals surface area contributed by atoms with Gasteiger partial charge in [0.15, 0.2) is 17.6 Å². The lowest BCUT2D eigenvalue weighted by Gasteiger charge is -1.99. The number of hydrogen-bond acceptors (Lipinski definition) is 3. The van der Waals surface area contributed by atoms with Crippen molar-refractivity contribution >= 4 is 16.9 Å². The summed E-state index contributed by atoms with van der Waals surface area (Å²) in [6.07, 6.45) is 0. The zero-order valence-electron chi connectivity index (χ0n) is 11.2. The molecule has 0 spiro atoms. The van der Waals surface area contributed by atoms with Crippen LogP contribution in [0.1, 0.15) is 12.7 Å². The van der Waals surface area contributed by atoms with Crippen LogP contribution in [0.4, 0.5) is 0 Å². The Kier molecular flexibility index (Phi) is 3.71. The number of methoxy groups -OCH3 is 1. The molecule has 0 saturated heterocycles. The van der Waals surface area contributed by atoms with Crippen LogP contribution in [0.5, 0.6) is 5.75 Å². The van der Waals surface area contributed by atoms with Gasteiger partial charge in [0.25, 0.3) is 11.7 Å². The van der Waals surface area contributed by atoms with Crippen LogP contribution in [0.2, 0.25) is 0 Å². The topological polar surface area (TPSA) is 87.1 Å². The highest BCUT2D eigenvalue weighted by atomic mass is 16.5. The minimum atomic E-state index is -0.384. The predicted molar refractivity (Wildman–Crippen MR) is 71.4 cm³/mol. The number of fused-ring (bicyclic) bond motifs is 1. The van der Waals surface area contributed by atoms with Crippen LogP contribution in [0.15, 0.2) is 18.2 Å². The molecule has 0 unspecified atom stereocenters. The molecule has 1 aromatic carbocycles. The van der Waals surface area contributed by atoms with Crippen molar-refractivity contribution < 1.29 is 14.1 Å². The Morgan fingerprint density at radius 2 is 2.21 bits per heavy atom. The largest absolute Gasteiger partial charge is 0.497 e. The van der Waals surface area contributed by atoms with Crippen LogP contribution < -0.4 is 20.8 Å². The Bertz CT molecular complexity index is 619. The normalized spacial score (nSPS) is 10.9. The first-order chi connectivity index (χ1) is 9.12. The summed E-state index contributed by atoms with van der Waals surface area (Å²) in [6, 6.07) is 5.72. The fraction of sp³-hybridized carbons (Fsp3) is 0.385. The fourth-order valence-electron chi connectivity index (χ4n) is 2.40. The first-order valence-corrected chi connectivity index (χ1v) is 6.19. The number of aromatic nitrogens is 2. The van der Waals surface area contributed by atoms with Gasteiger partial charge in [-0.05, 0) is 19.1 Å². The smallest absolute Gasteiger partial charge is 0.271 e. The number of rotatable bonds is 5. The van der Waals surface area contributed by atoms with E-state index in [4.69, 9.17) is 16.2 Å². The van der Waals surface area contributed by atoms with Crippen molar-refractivity contribution in [2.75, 3.05) is 7.11 Å². The molecule has 0 saturated carbocycles. The number of ether oxygens (including phenoxy) is 1. The molecule has 19 heavy (non-hydrogen) atoms. The molecule has 2 aromatic rings. The zero-order valence-corrected chi connectivity index (χ0v) is 11.2. The summed E-state index contributed by atoms with van der Waals surface area (Å²) in [5, 5.41) is 0. The third kappa shape index (κ3) is 2.26. The van der Waals surface area contributed by atoms with E-state index in [1.807, 2.05) is 29.7 Å². The number of carbonyl (C=O) groups excluding carboxylic acids is 1. The average molecular weight is 263 g/mol. The standard InChI is InChI=1S/C13H18N4O2/c1-3-16-11-6-9(19-2)4-5-10(11)17(8-12(15)18)13(16)7-14/h4-6H,3,7-8,14H2,1-2H3,(H-,15,18)/p+1. The summed E-state index contributed by atoms with van der Waals surface area (Å²) < 4.78 is 9.17. The highest BCUT2D eigenvalue weighted by molar-refractivity contribution is 5.76. The number of nitrogens with two attached hydrogens (primary N) is 2. The molecular formula is C13H19N4O2+. The van der Waals surface area contributed by atoms with Gasteiger partial charge < -0.3 is 16.2 Å². The van der Waals surface area contributed by atoms with Crippen molar-refractivity contribution in [3.05, 3.63) is 24.0 Å². The molecule has 0 aliphatic rings. The Hall–Kier alpha value is -2.08. The second-order valence-electron chi connectivity index (χ2n) is 4.27. The first kappa shape index (κ1) is 13.4. The van der Waals surface area contributed by atoms with Gasteiger partial charge in [0, 0.05) is 6.07 Å². The number of imidazole rings is 1. The van der Waals surface area contributed by atoms with Gasteiger partial charge in [0.2, 0.25) is 0 Å². The number of benzene rings is 1. The average Bonchev–Trinajstić information content (AvgIpc) is 2.70. The van der Waals surface area contributed by atoms with Crippen molar-refractivity contribution in [1.29, 1.82) is 0 Å². The van der Waals surface area contributed by atoms with Gasteiger partial charge in [-0.1, -0.05) is 0 Å². The highest BCUT2D eigenvalue weighted by Gasteiger charge is 2.24. The van der Waals surface area contributed by atoms with E-state index in [0.29, 0.717) is 6.54 Å². The number of primary amides is 1. The Morgan fingerprint density at radius 1 is 1.47 bits per heavy atom. The lowest BCUT2D eigenvalue weighted by molar-refractivity contribution is -0.667. The predicted octanol–water partition coefficient (Wildman–Crippen LogP) is -0.0987. The molecule has 0 atom stereocenters. The fourth-order valence-corrected chi connectivity index (χ4v) is 2.40. The van der Waals surface area contributed by atoms with Crippen LogP contribution in [0.25, 0.3) is 11.0 Å². The molecule has 1 aromatic heterocycles. The Morgan fingerprint density at radius 3 is 2.74 bits per heavy atom. The molecular weight excluding hydrogens is 244 g/mol. The molecule has 6 nitrogen and oxygen atoms in total. The van der Waals surface area contributed by atoms with Crippen molar-refractivity contribution in [2.24, 2.45) is 11.5 Å². The second kappa shape index (κ2) is 5.27. The lowest BCUT2D eigenvalue weighted by Crippen LogP contribution is -2.44. The maximum atomic E-state index is 11.2. The molecule has 1 heterocycles. The van der Waals surface area contributed by atoms with Crippen molar-refractivity contribution in [2.45, 2.75) is 26.6 Å². The molecule has 0 radical (unpaired) electrons. The van der Waals surface area contributed by atoms with Crippen LogP contribution >= 0.6 is 0 Å². The summed E-state index contributed by atoms with van der Waals surface area (Å²) >= 11 is 0. The maximum Gasteiger partial charge on any atom is 0.271 e. The molecule has 4 N–H and O–H groups in total. The van der Waals surface area contributed by atoms with Gasteiger partial charge in [0.05, 0.1) is 20.2 Å². The van der Waals surface area contributed by atoms with E-state index >= 15 is 0 Å². The van der Waals surface area contributed by atoms with E-state index in [1.54, 1.807) is 7.11 Å². The van der Waals surface area contributed by atoms with Crippen LogP contribution in [-0.4, -0.2) is 17.6 Å². The zero-order chi connectivity index (χ0) is 14.0. The first-order valence-electron chi connectivity index (χ1n) is 6.19. The Balaban J connectivity index is 2.74. The van der Waals surface area contributed by atoms with E-state index in [9.17, 15) is 4.79 Å². The SMILES string of the molecule is CCn1c(CN)[n+](CC(N)=O)c2ccc(OC)cc21. The third-order valence-electron chi connectivity index (χ3n) is 3.20.